The molecule has 0 spiro atoms. The Labute approximate surface area is 207 Å². The van der Waals surface area contributed by atoms with Gasteiger partial charge in [-0.25, -0.2) is 9.79 Å². The predicted molar refractivity (Wildman–Crippen MR) is 136 cm³/mol. The van der Waals surface area contributed by atoms with E-state index in [0.29, 0.717) is 31.9 Å². The molecule has 7 nitrogen and oxygen atoms in total. The van der Waals surface area contributed by atoms with Crippen molar-refractivity contribution in [3.8, 4) is 11.5 Å². The van der Waals surface area contributed by atoms with Gasteiger partial charge in [0.25, 0.3) is 5.56 Å². The van der Waals surface area contributed by atoms with E-state index in [9.17, 15) is 9.59 Å². The standard InChI is InChI=1S/C27H28N2O5S/c1-6-33-26(31)23-17(4)28-27-29(24(23)20-9-7-8-10-21(20)32-5)25(30)22(35-27)15-18-11-13-19(14-12-18)34-16(2)3/h7-16,24H,6H2,1-5H3/b22-15-/t24-/m0/s1. The molecular formula is C27H28N2O5S. The van der Waals surface area contributed by atoms with Crippen LogP contribution in [0.15, 0.2) is 69.6 Å². The zero-order chi connectivity index (χ0) is 25.1. The second-order valence-corrected chi connectivity index (χ2v) is 9.29. The Bertz CT molecular complexity index is 1450. The highest BCUT2D eigenvalue weighted by Crippen LogP contribution is 2.35. The van der Waals surface area contributed by atoms with E-state index in [1.54, 1.807) is 25.5 Å². The van der Waals surface area contributed by atoms with E-state index in [1.165, 1.54) is 11.3 Å². The quantitative estimate of drug-likeness (QED) is 0.471. The maximum atomic E-state index is 13.7. The van der Waals surface area contributed by atoms with Crippen molar-refractivity contribution in [3.05, 3.63) is 90.6 Å². The van der Waals surface area contributed by atoms with Crippen LogP contribution >= 0.6 is 11.3 Å². The Morgan fingerprint density at radius 3 is 2.54 bits per heavy atom. The first-order valence-electron chi connectivity index (χ1n) is 11.4. The van der Waals surface area contributed by atoms with Crippen LogP contribution in [-0.2, 0) is 9.53 Å². The number of aromatic nitrogens is 1. The van der Waals surface area contributed by atoms with Crippen molar-refractivity contribution >= 4 is 23.4 Å². The lowest BCUT2D eigenvalue weighted by molar-refractivity contribution is -0.139. The van der Waals surface area contributed by atoms with Crippen LogP contribution in [0.1, 0.15) is 44.9 Å². The van der Waals surface area contributed by atoms with E-state index >= 15 is 0 Å². The fourth-order valence-corrected chi connectivity index (χ4v) is 5.09. The Balaban J connectivity index is 1.89. The number of hydrogen-bond donors (Lipinski definition) is 0. The number of methoxy groups -OCH3 is 1. The van der Waals surface area contributed by atoms with Gasteiger partial charge in [-0.2, -0.15) is 0 Å². The molecule has 0 aliphatic carbocycles. The molecule has 1 aliphatic rings. The molecule has 2 heterocycles. The molecule has 8 heteroatoms. The minimum atomic E-state index is -0.717. The lowest BCUT2D eigenvalue weighted by Gasteiger charge is -2.25. The third-order valence-electron chi connectivity index (χ3n) is 5.50. The van der Waals surface area contributed by atoms with Crippen molar-refractivity contribution in [1.29, 1.82) is 0 Å². The molecule has 0 N–H and O–H groups in total. The van der Waals surface area contributed by atoms with Crippen LogP contribution in [0.4, 0.5) is 0 Å². The van der Waals surface area contributed by atoms with Gasteiger partial charge >= 0.3 is 5.97 Å². The van der Waals surface area contributed by atoms with Crippen LogP contribution in [0.25, 0.3) is 6.08 Å². The Morgan fingerprint density at radius 2 is 1.89 bits per heavy atom. The summed E-state index contributed by atoms with van der Waals surface area (Å²) >= 11 is 1.28. The zero-order valence-corrected chi connectivity index (χ0v) is 21.2. The van der Waals surface area contributed by atoms with Crippen molar-refractivity contribution in [2.24, 2.45) is 4.99 Å². The van der Waals surface area contributed by atoms with E-state index in [4.69, 9.17) is 14.2 Å². The number of ether oxygens (including phenoxy) is 3. The average Bonchev–Trinajstić information content (AvgIpc) is 3.13. The monoisotopic (exact) mass is 492 g/mol. The number of thiazole rings is 1. The maximum Gasteiger partial charge on any atom is 0.338 e. The van der Waals surface area contributed by atoms with E-state index in [2.05, 4.69) is 4.99 Å². The lowest BCUT2D eigenvalue weighted by Crippen LogP contribution is -2.40. The van der Waals surface area contributed by atoms with Gasteiger partial charge in [-0.05, 0) is 57.5 Å². The molecule has 1 aliphatic heterocycles. The van der Waals surface area contributed by atoms with Crippen molar-refractivity contribution in [1.82, 2.24) is 4.57 Å². The van der Waals surface area contributed by atoms with Crippen LogP contribution in [0.5, 0.6) is 11.5 Å². The molecule has 0 unspecified atom stereocenters. The summed E-state index contributed by atoms with van der Waals surface area (Å²) in [6.07, 6.45) is 1.91. The fourth-order valence-electron chi connectivity index (χ4n) is 4.04. The number of benzene rings is 2. The first-order chi connectivity index (χ1) is 16.8. The number of nitrogens with zero attached hydrogens (tertiary/aromatic N) is 2. The van der Waals surface area contributed by atoms with E-state index < -0.39 is 12.0 Å². The van der Waals surface area contributed by atoms with Crippen LogP contribution in [0.2, 0.25) is 0 Å². The summed E-state index contributed by atoms with van der Waals surface area (Å²) in [5.41, 5.74) is 2.16. The highest BCUT2D eigenvalue weighted by atomic mass is 32.1. The first kappa shape index (κ1) is 24.5. The minimum absolute atomic E-state index is 0.0800. The molecule has 0 amide bonds. The van der Waals surface area contributed by atoms with E-state index in [0.717, 1.165) is 11.3 Å². The molecule has 0 saturated heterocycles. The molecule has 4 rings (SSSR count). The summed E-state index contributed by atoms with van der Waals surface area (Å²) in [4.78, 5) is 31.8. The molecule has 0 saturated carbocycles. The maximum absolute atomic E-state index is 13.7. The summed E-state index contributed by atoms with van der Waals surface area (Å²) in [6.45, 7) is 7.67. The van der Waals surface area contributed by atoms with Crippen LogP contribution in [-0.4, -0.2) is 30.4 Å². The van der Waals surface area contributed by atoms with Gasteiger partial charge in [0.05, 0.1) is 35.6 Å². The van der Waals surface area contributed by atoms with Crippen molar-refractivity contribution in [2.45, 2.75) is 39.8 Å². The van der Waals surface area contributed by atoms with Crippen molar-refractivity contribution in [2.75, 3.05) is 13.7 Å². The molecule has 2 aromatic carbocycles. The molecule has 1 atom stereocenters. The van der Waals surface area contributed by atoms with Gasteiger partial charge in [0.2, 0.25) is 0 Å². The summed E-state index contributed by atoms with van der Waals surface area (Å²) in [5, 5.41) is 0. The molecule has 0 fully saturated rings. The second kappa shape index (κ2) is 10.3. The highest BCUT2D eigenvalue weighted by Gasteiger charge is 2.34. The van der Waals surface area contributed by atoms with Gasteiger partial charge in [-0.15, -0.1) is 0 Å². The van der Waals surface area contributed by atoms with Crippen LogP contribution in [0, 0.1) is 0 Å². The highest BCUT2D eigenvalue weighted by molar-refractivity contribution is 7.07. The first-order valence-corrected chi connectivity index (χ1v) is 12.2. The molecule has 0 bridgehead atoms. The summed E-state index contributed by atoms with van der Waals surface area (Å²) in [5.74, 6) is 0.841. The van der Waals surface area contributed by atoms with E-state index in [-0.39, 0.29) is 18.3 Å². The van der Waals surface area contributed by atoms with Gasteiger partial charge in [0.1, 0.15) is 17.5 Å². The summed E-state index contributed by atoms with van der Waals surface area (Å²) < 4.78 is 18.7. The Morgan fingerprint density at radius 1 is 1.17 bits per heavy atom. The van der Waals surface area contributed by atoms with Crippen molar-refractivity contribution in [3.63, 3.8) is 0 Å². The zero-order valence-electron chi connectivity index (χ0n) is 20.4. The van der Waals surface area contributed by atoms with Gasteiger partial charge in [0.15, 0.2) is 4.80 Å². The molecule has 1 aromatic heterocycles. The van der Waals surface area contributed by atoms with Gasteiger partial charge in [-0.1, -0.05) is 41.7 Å². The molecule has 0 radical (unpaired) electrons. The van der Waals surface area contributed by atoms with Crippen molar-refractivity contribution < 1.29 is 19.0 Å². The summed E-state index contributed by atoms with van der Waals surface area (Å²) in [6, 6.07) is 14.2. The number of carbonyl (C=O) groups excluding carboxylic acids is 1. The lowest BCUT2D eigenvalue weighted by atomic mass is 9.95. The Hall–Kier alpha value is -3.65. The fraction of sp³-hybridized carbons (Fsp3) is 0.296. The topological polar surface area (TPSA) is 79.1 Å². The third-order valence-corrected chi connectivity index (χ3v) is 6.48. The predicted octanol–water partition coefficient (Wildman–Crippen LogP) is 3.59. The number of fused-ring (bicyclic) bond motifs is 1. The van der Waals surface area contributed by atoms with Gasteiger partial charge < -0.3 is 14.2 Å². The molecule has 182 valence electrons. The van der Waals surface area contributed by atoms with Crippen LogP contribution in [0.3, 0.4) is 0 Å². The van der Waals surface area contributed by atoms with Crippen LogP contribution < -0.4 is 24.4 Å². The largest absolute Gasteiger partial charge is 0.496 e. The molecule has 3 aromatic rings. The number of rotatable bonds is 7. The third kappa shape index (κ3) is 4.93. The smallest absolute Gasteiger partial charge is 0.338 e. The SMILES string of the molecule is CCOC(=O)C1=C(C)N=c2s/c(=C\c3ccc(OC(C)C)cc3)c(=O)n2[C@H]1c1ccccc1OC. The number of para-hydroxylation sites is 1. The minimum Gasteiger partial charge on any atom is -0.496 e. The number of esters is 1. The van der Waals surface area contributed by atoms with Gasteiger partial charge in [0, 0.05) is 5.56 Å². The Kier molecular flexibility index (Phi) is 7.21. The normalized spacial score (nSPS) is 15.6. The van der Waals surface area contributed by atoms with Gasteiger partial charge in [-0.3, -0.25) is 9.36 Å². The molecular weight excluding hydrogens is 464 g/mol. The summed E-state index contributed by atoms with van der Waals surface area (Å²) in [7, 11) is 1.57. The number of carbonyl (C=O) groups is 1. The number of allylic oxidation sites excluding steroid dienone is 1. The van der Waals surface area contributed by atoms with E-state index in [1.807, 2.05) is 68.5 Å². The second-order valence-electron chi connectivity index (χ2n) is 8.28. The number of hydrogen-bond acceptors (Lipinski definition) is 7. The molecule has 35 heavy (non-hydrogen) atoms. The average molecular weight is 493 g/mol.